The minimum atomic E-state index is -4.92. The molecule has 0 aliphatic carbocycles. The summed E-state index contributed by atoms with van der Waals surface area (Å²) in [5, 5.41) is 2.18. The number of carbonyl (C=O) groups is 1. The standard InChI is InChI=1S/C12H10F3N5O/c1-20-5-7(8-9(16)18-6-19-10(8)20)3-2-4-17-11(21)12(13,14)15/h5-6H,4H2,1H3,(H,17,21)(H2,16,18,19). The van der Waals surface area contributed by atoms with Gasteiger partial charge in [0.2, 0.25) is 0 Å². The monoisotopic (exact) mass is 297 g/mol. The number of nitrogens with zero attached hydrogens (tertiary/aromatic N) is 3. The van der Waals surface area contributed by atoms with E-state index in [4.69, 9.17) is 5.73 Å². The quantitative estimate of drug-likeness (QED) is 0.754. The normalized spacial score (nSPS) is 11.0. The number of fused-ring (bicyclic) bond motifs is 1. The Hall–Kier alpha value is -2.76. The molecule has 2 aromatic heterocycles. The molecule has 0 spiro atoms. The molecule has 9 heteroatoms. The van der Waals surface area contributed by atoms with Crippen LogP contribution in [0.3, 0.4) is 0 Å². The number of anilines is 1. The summed E-state index contributed by atoms with van der Waals surface area (Å²) in [6.07, 6.45) is -1.98. The van der Waals surface area contributed by atoms with E-state index in [0.717, 1.165) is 0 Å². The fourth-order valence-corrected chi connectivity index (χ4v) is 1.69. The zero-order valence-electron chi connectivity index (χ0n) is 10.8. The Labute approximate surface area is 117 Å². The maximum Gasteiger partial charge on any atom is 0.471 e. The van der Waals surface area contributed by atoms with E-state index in [0.29, 0.717) is 16.6 Å². The van der Waals surface area contributed by atoms with Crippen molar-refractivity contribution in [3.8, 4) is 11.8 Å². The van der Waals surface area contributed by atoms with Crippen LogP contribution in [0.25, 0.3) is 11.0 Å². The Balaban J connectivity index is 2.19. The second kappa shape index (κ2) is 5.32. The second-order valence-electron chi connectivity index (χ2n) is 4.09. The summed E-state index contributed by atoms with van der Waals surface area (Å²) >= 11 is 0. The first-order chi connectivity index (χ1) is 9.80. The highest BCUT2D eigenvalue weighted by Crippen LogP contribution is 2.21. The Morgan fingerprint density at radius 2 is 2.19 bits per heavy atom. The summed E-state index contributed by atoms with van der Waals surface area (Å²) in [7, 11) is 1.73. The molecule has 2 heterocycles. The molecule has 1 amide bonds. The first-order valence-corrected chi connectivity index (χ1v) is 5.70. The average Bonchev–Trinajstić information content (AvgIpc) is 2.72. The maximum absolute atomic E-state index is 12.0. The van der Waals surface area contributed by atoms with Crippen molar-refractivity contribution in [2.45, 2.75) is 6.18 Å². The number of aryl methyl sites for hydroxylation is 1. The lowest BCUT2D eigenvalue weighted by molar-refractivity contribution is -0.173. The molecule has 3 N–H and O–H groups in total. The number of nitrogens with one attached hydrogen (secondary N) is 1. The van der Waals surface area contributed by atoms with Crippen LogP contribution in [-0.4, -0.2) is 33.2 Å². The Morgan fingerprint density at radius 3 is 2.86 bits per heavy atom. The van der Waals surface area contributed by atoms with Gasteiger partial charge in [0.1, 0.15) is 17.8 Å². The van der Waals surface area contributed by atoms with Gasteiger partial charge in [-0.3, -0.25) is 4.79 Å². The number of aromatic nitrogens is 3. The third-order valence-electron chi connectivity index (χ3n) is 2.60. The van der Waals surface area contributed by atoms with Crippen molar-refractivity contribution < 1.29 is 18.0 Å². The Bertz CT molecular complexity index is 754. The lowest BCUT2D eigenvalue weighted by atomic mass is 10.2. The number of nitrogens with two attached hydrogens (primary N) is 1. The SMILES string of the molecule is Cn1cc(C#CCNC(=O)C(F)(F)F)c2c(N)ncnc21. The van der Waals surface area contributed by atoms with Crippen LogP contribution in [0.15, 0.2) is 12.5 Å². The van der Waals surface area contributed by atoms with E-state index in [1.807, 2.05) is 0 Å². The van der Waals surface area contributed by atoms with Crippen LogP contribution >= 0.6 is 0 Å². The topological polar surface area (TPSA) is 85.8 Å². The molecule has 0 aliphatic heterocycles. The molecule has 0 atom stereocenters. The summed E-state index contributed by atoms with van der Waals surface area (Å²) < 4.78 is 37.6. The van der Waals surface area contributed by atoms with Crippen LogP contribution in [0.4, 0.5) is 19.0 Å². The number of rotatable bonds is 1. The molecule has 0 fully saturated rings. The summed E-state index contributed by atoms with van der Waals surface area (Å²) in [5.41, 5.74) is 6.77. The van der Waals surface area contributed by atoms with Gasteiger partial charge in [0.05, 0.1) is 17.5 Å². The first-order valence-electron chi connectivity index (χ1n) is 5.70. The predicted molar refractivity (Wildman–Crippen MR) is 68.9 cm³/mol. The number of hydrogen-bond acceptors (Lipinski definition) is 4. The summed E-state index contributed by atoms with van der Waals surface area (Å²) in [4.78, 5) is 18.5. The number of hydrogen-bond donors (Lipinski definition) is 2. The van der Waals surface area contributed by atoms with Gasteiger partial charge in [-0.05, 0) is 0 Å². The molecule has 0 bridgehead atoms. The van der Waals surface area contributed by atoms with Crippen LogP contribution in [0, 0.1) is 11.8 Å². The Morgan fingerprint density at radius 1 is 1.48 bits per heavy atom. The fourth-order valence-electron chi connectivity index (χ4n) is 1.69. The third-order valence-corrected chi connectivity index (χ3v) is 2.60. The van der Waals surface area contributed by atoms with Crippen LogP contribution in [0.1, 0.15) is 5.56 Å². The molecular weight excluding hydrogens is 287 g/mol. The van der Waals surface area contributed by atoms with Crippen molar-refractivity contribution in [3.05, 3.63) is 18.1 Å². The van der Waals surface area contributed by atoms with Crippen LogP contribution in [0.2, 0.25) is 0 Å². The molecular formula is C12H10F3N5O. The smallest absolute Gasteiger partial charge is 0.383 e. The summed E-state index contributed by atoms with van der Waals surface area (Å²) in [5.74, 6) is 3.27. The van der Waals surface area contributed by atoms with E-state index < -0.39 is 18.6 Å². The van der Waals surface area contributed by atoms with Gasteiger partial charge in [0.15, 0.2) is 0 Å². The molecule has 0 saturated carbocycles. The zero-order chi connectivity index (χ0) is 15.6. The largest absolute Gasteiger partial charge is 0.471 e. The molecule has 21 heavy (non-hydrogen) atoms. The lowest BCUT2D eigenvalue weighted by Gasteiger charge is -2.03. The molecule has 0 saturated heterocycles. The van der Waals surface area contributed by atoms with E-state index in [2.05, 4.69) is 21.8 Å². The molecule has 0 aromatic carbocycles. The molecule has 0 aliphatic rings. The van der Waals surface area contributed by atoms with Gasteiger partial charge in [-0.25, -0.2) is 9.97 Å². The van der Waals surface area contributed by atoms with Crippen molar-refractivity contribution in [3.63, 3.8) is 0 Å². The zero-order valence-corrected chi connectivity index (χ0v) is 10.8. The van der Waals surface area contributed by atoms with E-state index in [-0.39, 0.29) is 5.82 Å². The second-order valence-corrected chi connectivity index (χ2v) is 4.09. The summed E-state index contributed by atoms with van der Waals surface area (Å²) in [6, 6.07) is 0. The van der Waals surface area contributed by atoms with Gasteiger partial charge in [-0.1, -0.05) is 11.8 Å². The van der Waals surface area contributed by atoms with Crippen LogP contribution < -0.4 is 11.1 Å². The van der Waals surface area contributed by atoms with Gasteiger partial charge < -0.3 is 15.6 Å². The van der Waals surface area contributed by atoms with Crippen molar-refractivity contribution in [1.29, 1.82) is 0 Å². The predicted octanol–water partition coefficient (Wildman–Crippen LogP) is 0.581. The summed E-state index contributed by atoms with van der Waals surface area (Å²) in [6.45, 7) is -0.428. The molecule has 2 rings (SSSR count). The van der Waals surface area contributed by atoms with E-state index >= 15 is 0 Å². The maximum atomic E-state index is 12.0. The first kappa shape index (κ1) is 14.6. The average molecular weight is 297 g/mol. The lowest BCUT2D eigenvalue weighted by Crippen LogP contribution is -2.36. The van der Waals surface area contributed by atoms with Gasteiger partial charge in [-0.2, -0.15) is 13.2 Å². The number of nitrogen functional groups attached to an aromatic ring is 1. The van der Waals surface area contributed by atoms with Gasteiger partial charge >= 0.3 is 12.1 Å². The minimum Gasteiger partial charge on any atom is -0.383 e. The molecule has 2 aromatic rings. The van der Waals surface area contributed by atoms with Crippen LogP contribution in [-0.2, 0) is 11.8 Å². The highest BCUT2D eigenvalue weighted by Gasteiger charge is 2.38. The van der Waals surface area contributed by atoms with E-state index in [1.54, 1.807) is 23.1 Å². The fraction of sp³-hybridized carbons (Fsp3) is 0.250. The van der Waals surface area contributed by atoms with Gasteiger partial charge in [0, 0.05) is 13.2 Å². The van der Waals surface area contributed by atoms with Gasteiger partial charge in [-0.15, -0.1) is 0 Å². The highest BCUT2D eigenvalue weighted by atomic mass is 19.4. The van der Waals surface area contributed by atoms with Crippen LogP contribution in [0.5, 0.6) is 0 Å². The molecule has 0 radical (unpaired) electrons. The van der Waals surface area contributed by atoms with Gasteiger partial charge in [0.25, 0.3) is 0 Å². The van der Waals surface area contributed by atoms with Crippen molar-refractivity contribution >= 4 is 22.8 Å². The highest BCUT2D eigenvalue weighted by molar-refractivity contribution is 5.92. The van der Waals surface area contributed by atoms with Crippen molar-refractivity contribution in [2.24, 2.45) is 7.05 Å². The molecule has 6 nitrogen and oxygen atoms in total. The number of amides is 1. The van der Waals surface area contributed by atoms with Crippen molar-refractivity contribution in [2.75, 3.05) is 12.3 Å². The number of carbonyl (C=O) groups excluding carboxylic acids is 1. The molecule has 0 unspecified atom stereocenters. The van der Waals surface area contributed by atoms with E-state index in [9.17, 15) is 18.0 Å². The third kappa shape index (κ3) is 3.05. The van der Waals surface area contributed by atoms with Crippen molar-refractivity contribution in [1.82, 2.24) is 19.9 Å². The molecule has 110 valence electrons. The van der Waals surface area contributed by atoms with E-state index in [1.165, 1.54) is 6.33 Å². The number of alkyl halides is 3. The number of halogens is 3. The Kier molecular flexibility index (Phi) is 3.71. The minimum absolute atomic E-state index is 0.226.